The molecule has 3 nitrogen and oxygen atoms in total. The number of hydrogen-bond donors (Lipinski definition) is 1. The zero-order valence-electron chi connectivity index (χ0n) is 8.12. The first kappa shape index (κ1) is 11.4. The predicted molar refractivity (Wildman–Crippen MR) is 48.6 cm³/mol. The molecule has 0 fully saturated rings. The van der Waals surface area contributed by atoms with Gasteiger partial charge in [0.15, 0.2) is 0 Å². The molecular weight excluding hydrogens is 152 g/mol. The fourth-order valence-corrected chi connectivity index (χ4v) is 1.02. The molecule has 0 aliphatic carbocycles. The standard InChI is InChI=1S/C9H18N2O/c1-8(7-12)6-11(3)9(2)4-5-10/h8-9,12H,4,6-7H2,1-3H3. The Morgan fingerprint density at radius 2 is 2.08 bits per heavy atom. The largest absolute Gasteiger partial charge is 0.396 e. The Morgan fingerprint density at radius 1 is 1.50 bits per heavy atom. The van der Waals surface area contributed by atoms with Crippen LogP contribution in [0.3, 0.4) is 0 Å². The van der Waals surface area contributed by atoms with Crippen molar-refractivity contribution < 1.29 is 5.11 Å². The predicted octanol–water partition coefficient (Wildman–Crippen LogP) is 0.849. The Hall–Kier alpha value is -0.590. The lowest BCUT2D eigenvalue weighted by molar-refractivity contribution is 0.168. The molecule has 2 atom stereocenters. The molecular formula is C9H18N2O. The van der Waals surface area contributed by atoms with Crippen molar-refractivity contribution in [2.24, 2.45) is 5.92 Å². The molecule has 0 radical (unpaired) electrons. The lowest BCUT2D eigenvalue weighted by atomic mass is 10.1. The van der Waals surface area contributed by atoms with Crippen LogP contribution in [0.15, 0.2) is 0 Å². The third-order valence-corrected chi connectivity index (χ3v) is 2.05. The van der Waals surface area contributed by atoms with Gasteiger partial charge in [-0.1, -0.05) is 6.92 Å². The summed E-state index contributed by atoms with van der Waals surface area (Å²) in [5.41, 5.74) is 0. The van der Waals surface area contributed by atoms with Crippen molar-refractivity contribution >= 4 is 0 Å². The Morgan fingerprint density at radius 3 is 2.50 bits per heavy atom. The highest BCUT2D eigenvalue weighted by Crippen LogP contribution is 2.03. The summed E-state index contributed by atoms with van der Waals surface area (Å²) in [4.78, 5) is 2.10. The van der Waals surface area contributed by atoms with Crippen molar-refractivity contribution in [3.05, 3.63) is 0 Å². The number of nitrogens with zero attached hydrogens (tertiary/aromatic N) is 2. The van der Waals surface area contributed by atoms with E-state index in [1.807, 2.05) is 20.9 Å². The summed E-state index contributed by atoms with van der Waals surface area (Å²) in [6.45, 7) is 5.08. The quantitative estimate of drug-likeness (QED) is 0.665. The van der Waals surface area contributed by atoms with Gasteiger partial charge >= 0.3 is 0 Å². The van der Waals surface area contributed by atoms with Crippen LogP contribution in [0, 0.1) is 17.2 Å². The SMILES string of the molecule is CC(CO)CN(C)C(C)CC#N. The highest BCUT2D eigenvalue weighted by atomic mass is 16.3. The second-order valence-electron chi connectivity index (χ2n) is 3.44. The van der Waals surface area contributed by atoms with Gasteiger partial charge in [-0.25, -0.2) is 0 Å². The molecule has 0 bridgehead atoms. The molecule has 0 spiro atoms. The molecule has 70 valence electrons. The van der Waals surface area contributed by atoms with E-state index in [9.17, 15) is 0 Å². The topological polar surface area (TPSA) is 47.3 Å². The molecule has 0 aromatic rings. The minimum absolute atomic E-state index is 0.212. The van der Waals surface area contributed by atoms with Crippen molar-refractivity contribution in [2.75, 3.05) is 20.2 Å². The molecule has 0 saturated carbocycles. The van der Waals surface area contributed by atoms with Crippen LogP contribution < -0.4 is 0 Å². The van der Waals surface area contributed by atoms with Crippen LogP contribution in [0.25, 0.3) is 0 Å². The van der Waals surface area contributed by atoms with Gasteiger partial charge in [-0.15, -0.1) is 0 Å². The van der Waals surface area contributed by atoms with Crippen LogP contribution in [-0.2, 0) is 0 Å². The number of aliphatic hydroxyl groups excluding tert-OH is 1. The van der Waals surface area contributed by atoms with E-state index in [4.69, 9.17) is 10.4 Å². The Balaban J connectivity index is 3.71. The molecule has 0 aromatic heterocycles. The smallest absolute Gasteiger partial charge is 0.0638 e. The summed E-state index contributed by atoms with van der Waals surface area (Å²) in [6, 6.07) is 2.42. The average molecular weight is 170 g/mol. The number of nitriles is 1. The lowest BCUT2D eigenvalue weighted by Crippen LogP contribution is -2.33. The summed E-state index contributed by atoms with van der Waals surface area (Å²) in [5, 5.41) is 17.3. The fourth-order valence-electron chi connectivity index (χ4n) is 1.02. The number of rotatable bonds is 5. The first-order valence-electron chi connectivity index (χ1n) is 4.29. The molecule has 0 rings (SSSR count). The first-order valence-corrected chi connectivity index (χ1v) is 4.29. The van der Waals surface area contributed by atoms with Crippen molar-refractivity contribution in [1.29, 1.82) is 5.26 Å². The molecule has 0 amide bonds. The molecule has 2 unspecified atom stereocenters. The van der Waals surface area contributed by atoms with Crippen LogP contribution in [0.2, 0.25) is 0 Å². The van der Waals surface area contributed by atoms with Gasteiger partial charge in [-0.05, 0) is 19.9 Å². The van der Waals surface area contributed by atoms with Gasteiger partial charge in [0.25, 0.3) is 0 Å². The summed E-state index contributed by atoms with van der Waals surface area (Å²) >= 11 is 0. The van der Waals surface area contributed by atoms with Gasteiger partial charge in [-0.2, -0.15) is 5.26 Å². The average Bonchev–Trinajstić information content (AvgIpc) is 2.04. The molecule has 1 N–H and O–H groups in total. The van der Waals surface area contributed by atoms with E-state index in [2.05, 4.69) is 11.0 Å². The molecule has 0 aliphatic heterocycles. The Labute approximate surface area is 74.6 Å². The lowest BCUT2D eigenvalue weighted by Gasteiger charge is -2.24. The van der Waals surface area contributed by atoms with Gasteiger partial charge in [0.05, 0.1) is 12.5 Å². The highest BCUT2D eigenvalue weighted by molar-refractivity contribution is 4.78. The maximum atomic E-state index is 8.80. The van der Waals surface area contributed by atoms with Crippen molar-refractivity contribution in [3.63, 3.8) is 0 Å². The van der Waals surface area contributed by atoms with Crippen molar-refractivity contribution in [2.45, 2.75) is 26.3 Å². The van der Waals surface area contributed by atoms with Crippen LogP contribution in [0.5, 0.6) is 0 Å². The van der Waals surface area contributed by atoms with E-state index >= 15 is 0 Å². The van der Waals surface area contributed by atoms with E-state index in [0.717, 1.165) is 6.54 Å². The van der Waals surface area contributed by atoms with E-state index in [1.165, 1.54) is 0 Å². The monoisotopic (exact) mass is 170 g/mol. The second-order valence-corrected chi connectivity index (χ2v) is 3.44. The normalized spacial score (nSPS) is 15.7. The third kappa shape index (κ3) is 4.32. The van der Waals surface area contributed by atoms with Gasteiger partial charge < -0.3 is 10.0 Å². The molecule has 3 heteroatoms. The van der Waals surface area contributed by atoms with Crippen molar-refractivity contribution in [1.82, 2.24) is 4.90 Å². The summed E-state index contributed by atoms with van der Waals surface area (Å²) in [6.07, 6.45) is 0.550. The first-order chi connectivity index (χ1) is 5.61. The Kier molecular flexibility index (Phi) is 5.69. The summed E-state index contributed by atoms with van der Waals surface area (Å²) in [7, 11) is 1.98. The minimum atomic E-state index is 0.212. The van der Waals surface area contributed by atoms with E-state index in [-0.39, 0.29) is 18.6 Å². The van der Waals surface area contributed by atoms with Crippen LogP contribution in [0.4, 0.5) is 0 Å². The Bertz CT molecular complexity index is 153. The molecule has 0 aliphatic rings. The van der Waals surface area contributed by atoms with Crippen molar-refractivity contribution in [3.8, 4) is 6.07 Å². The van der Waals surface area contributed by atoms with Crippen LogP contribution in [0.1, 0.15) is 20.3 Å². The van der Waals surface area contributed by atoms with E-state index in [1.54, 1.807) is 0 Å². The van der Waals surface area contributed by atoms with Gasteiger partial charge in [-0.3, -0.25) is 0 Å². The van der Waals surface area contributed by atoms with Crippen LogP contribution in [-0.4, -0.2) is 36.2 Å². The highest BCUT2D eigenvalue weighted by Gasteiger charge is 2.11. The zero-order chi connectivity index (χ0) is 9.56. The van der Waals surface area contributed by atoms with Gasteiger partial charge in [0, 0.05) is 19.2 Å². The summed E-state index contributed by atoms with van der Waals surface area (Å²) < 4.78 is 0. The van der Waals surface area contributed by atoms with Gasteiger partial charge in [0.2, 0.25) is 0 Å². The number of hydrogen-bond acceptors (Lipinski definition) is 3. The number of aliphatic hydroxyl groups is 1. The summed E-state index contributed by atoms with van der Waals surface area (Å²) in [5.74, 6) is 0.288. The van der Waals surface area contributed by atoms with Gasteiger partial charge in [0.1, 0.15) is 0 Å². The maximum Gasteiger partial charge on any atom is 0.0638 e. The van der Waals surface area contributed by atoms with Crippen LogP contribution >= 0.6 is 0 Å². The molecule has 0 saturated heterocycles. The molecule has 0 aromatic carbocycles. The third-order valence-electron chi connectivity index (χ3n) is 2.05. The maximum absolute atomic E-state index is 8.80. The minimum Gasteiger partial charge on any atom is -0.396 e. The zero-order valence-corrected chi connectivity index (χ0v) is 8.12. The molecule has 12 heavy (non-hydrogen) atoms. The molecule has 0 heterocycles. The van der Waals surface area contributed by atoms with E-state index < -0.39 is 0 Å². The fraction of sp³-hybridized carbons (Fsp3) is 0.889. The second kappa shape index (κ2) is 5.99. The van der Waals surface area contributed by atoms with E-state index in [0.29, 0.717) is 6.42 Å².